The Balaban J connectivity index is 0.00000484. The van der Waals surface area contributed by atoms with Gasteiger partial charge in [0.25, 0.3) is 0 Å². The number of nitrogens with zero attached hydrogens (tertiary/aromatic N) is 1. The quantitative estimate of drug-likeness (QED) is 0.395. The van der Waals surface area contributed by atoms with Crippen molar-refractivity contribution >= 4 is 40.7 Å². The van der Waals surface area contributed by atoms with Gasteiger partial charge in [0.05, 0.1) is 7.11 Å². The number of nitrogens with one attached hydrogen (secondary N) is 2. The van der Waals surface area contributed by atoms with E-state index >= 15 is 0 Å². The van der Waals surface area contributed by atoms with Gasteiger partial charge in [-0.1, -0.05) is 12.1 Å². The molecule has 0 heterocycles. The maximum atomic E-state index is 12.0. The zero-order chi connectivity index (χ0) is 16.6. The van der Waals surface area contributed by atoms with Crippen molar-refractivity contribution in [2.24, 2.45) is 4.99 Å². The van der Waals surface area contributed by atoms with E-state index in [0.717, 1.165) is 11.3 Å². The van der Waals surface area contributed by atoms with Crippen molar-refractivity contribution in [2.75, 3.05) is 26.5 Å². The van der Waals surface area contributed by atoms with Gasteiger partial charge in [0.1, 0.15) is 5.75 Å². The van der Waals surface area contributed by atoms with Gasteiger partial charge in [0.15, 0.2) is 5.96 Å². The molecule has 0 aliphatic heterocycles. The first-order chi connectivity index (χ1) is 10.4. The second-order valence-electron chi connectivity index (χ2n) is 5.87. The predicted octanol–water partition coefficient (Wildman–Crippen LogP) is 2.53. The van der Waals surface area contributed by atoms with Crippen molar-refractivity contribution in [3.8, 4) is 5.75 Å². The minimum Gasteiger partial charge on any atom is -0.497 e. The molecule has 1 atom stereocenters. The first kappa shape index (κ1) is 22.2. The highest BCUT2D eigenvalue weighted by atomic mass is 127. The zero-order valence-electron chi connectivity index (χ0n) is 14.5. The summed E-state index contributed by atoms with van der Waals surface area (Å²) in [6, 6.07) is 7.88. The lowest BCUT2D eigenvalue weighted by atomic mass is 10.2. The smallest absolute Gasteiger partial charge is 0.191 e. The molecule has 1 aromatic carbocycles. The molecule has 0 aliphatic rings. The van der Waals surface area contributed by atoms with Crippen molar-refractivity contribution < 1.29 is 8.95 Å². The SMILES string of the molecule is CN=C(NCCS(=O)C(C)(C)C)NCc1cccc(OC)c1.I. The molecule has 0 bridgehead atoms. The van der Waals surface area contributed by atoms with Crippen LogP contribution in [0.3, 0.4) is 0 Å². The topological polar surface area (TPSA) is 62.7 Å². The number of hydrogen-bond donors (Lipinski definition) is 2. The zero-order valence-corrected chi connectivity index (χ0v) is 17.7. The van der Waals surface area contributed by atoms with Gasteiger partial charge in [0, 0.05) is 41.4 Å². The van der Waals surface area contributed by atoms with Gasteiger partial charge in [-0.2, -0.15) is 0 Å². The van der Waals surface area contributed by atoms with E-state index in [-0.39, 0.29) is 28.7 Å². The Kier molecular flexibility index (Phi) is 10.5. The fraction of sp³-hybridized carbons (Fsp3) is 0.562. The second kappa shape index (κ2) is 10.9. The van der Waals surface area contributed by atoms with E-state index in [1.54, 1.807) is 14.2 Å². The fourth-order valence-electron chi connectivity index (χ4n) is 1.76. The summed E-state index contributed by atoms with van der Waals surface area (Å²) in [5.74, 6) is 2.14. The first-order valence-electron chi connectivity index (χ1n) is 7.32. The van der Waals surface area contributed by atoms with Gasteiger partial charge >= 0.3 is 0 Å². The summed E-state index contributed by atoms with van der Waals surface area (Å²) >= 11 is 0. The Morgan fingerprint density at radius 3 is 2.57 bits per heavy atom. The summed E-state index contributed by atoms with van der Waals surface area (Å²) in [5, 5.41) is 6.42. The van der Waals surface area contributed by atoms with Crippen LogP contribution in [0.5, 0.6) is 5.75 Å². The number of hydrogen-bond acceptors (Lipinski definition) is 3. The molecule has 0 amide bonds. The summed E-state index contributed by atoms with van der Waals surface area (Å²) in [6.07, 6.45) is 0. The van der Waals surface area contributed by atoms with Crippen LogP contribution in [-0.2, 0) is 17.3 Å². The number of rotatable bonds is 6. The van der Waals surface area contributed by atoms with Crippen LogP contribution >= 0.6 is 24.0 Å². The lowest BCUT2D eigenvalue weighted by Crippen LogP contribution is -2.40. The summed E-state index contributed by atoms with van der Waals surface area (Å²) < 4.78 is 17.0. The molecule has 132 valence electrons. The highest BCUT2D eigenvalue weighted by Crippen LogP contribution is 2.12. The van der Waals surface area contributed by atoms with Crippen molar-refractivity contribution in [1.82, 2.24) is 10.6 Å². The number of ether oxygens (including phenoxy) is 1. The number of benzene rings is 1. The van der Waals surface area contributed by atoms with Crippen LogP contribution in [0.2, 0.25) is 0 Å². The minimum absolute atomic E-state index is 0. The molecule has 7 heteroatoms. The Morgan fingerprint density at radius 1 is 1.30 bits per heavy atom. The highest BCUT2D eigenvalue weighted by Gasteiger charge is 2.18. The van der Waals surface area contributed by atoms with Gasteiger partial charge in [-0.15, -0.1) is 24.0 Å². The van der Waals surface area contributed by atoms with E-state index in [9.17, 15) is 4.21 Å². The normalized spacial score (nSPS) is 13.0. The summed E-state index contributed by atoms with van der Waals surface area (Å²) in [5.41, 5.74) is 1.11. The molecule has 0 radical (unpaired) electrons. The molecule has 0 spiro atoms. The standard InChI is InChI=1S/C16H27N3O2S.HI/c1-16(2,3)22(20)10-9-18-15(17-4)19-12-13-7-6-8-14(11-13)21-5;/h6-8,11H,9-10,12H2,1-5H3,(H2,17,18,19);1H. The predicted molar refractivity (Wildman–Crippen MR) is 109 cm³/mol. The summed E-state index contributed by atoms with van der Waals surface area (Å²) in [6.45, 7) is 7.23. The van der Waals surface area contributed by atoms with Gasteiger partial charge in [-0.25, -0.2) is 0 Å². The van der Waals surface area contributed by atoms with E-state index in [2.05, 4.69) is 15.6 Å². The third kappa shape index (κ3) is 8.55. The van der Waals surface area contributed by atoms with E-state index in [4.69, 9.17) is 4.74 Å². The molecule has 1 aromatic rings. The average Bonchev–Trinajstić information content (AvgIpc) is 2.49. The maximum Gasteiger partial charge on any atom is 0.191 e. The van der Waals surface area contributed by atoms with Crippen LogP contribution in [0.1, 0.15) is 26.3 Å². The van der Waals surface area contributed by atoms with E-state index in [0.29, 0.717) is 24.8 Å². The average molecular weight is 453 g/mol. The molecule has 5 nitrogen and oxygen atoms in total. The van der Waals surface area contributed by atoms with E-state index < -0.39 is 10.8 Å². The molecule has 23 heavy (non-hydrogen) atoms. The fourth-order valence-corrected chi connectivity index (χ4v) is 2.66. The molecule has 1 unspecified atom stereocenters. The molecule has 2 N–H and O–H groups in total. The van der Waals surface area contributed by atoms with Crippen molar-refractivity contribution in [3.05, 3.63) is 29.8 Å². The van der Waals surface area contributed by atoms with E-state index in [1.165, 1.54) is 0 Å². The lowest BCUT2D eigenvalue weighted by Gasteiger charge is -2.18. The minimum atomic E-state index is -0.862. The third-order valence-electron chi connectivity index (χ3n) is 3.08. The Labute approximate surface area is 159 Å². The largest absolute Gasteiger partial charge is 0.497 e. The first-order valence-corrected chi connectivity index (χ1v) is 8.64. The van der Waals surface area contributed by atoms with Crippen molar-refractivity contribution in [3.63, 3.8) is 0 Å². The van der Waals surface area contributed by atoms with Crippen LogP contribution in [0.4, 0.5) is 0 Å². The number of aliphatic imine (C=N–C) groups is 1. The van der Waals surface area contributed by atoms with Crippen LogP contribution in [0.25, 0.3) is 0 Å². The Hall–Kier alpha value is -0.830. The molecule has 0 saturated carbocycles. The van der Waals surface area contributed by atoms with Crippen LogP contribution in [0, 0.1) is 0 Å². The number of methoxy groups -OCH3 is 1. The lowest BCUT2D eigenvalue weighted by molar-refractivity contribution is 0.414. The van der Waals surface area contributed by atoms with Gasteiger partial charge in [-0.3, -0.25) is 9.20 Å². The summed E-state index contributed by atoms with van der Waals surface area (Å²) in [4.78, 5) is 4.17. The van der Waals surface area contributed by atoms with Crippen molar-refractivity contribution in [1.29, 1.82) is 0 Å². The van der Waals surface area contributed by atoms with E-state index in [1.807, 2.05) is 45.0 Å². The number of guanidine groups is 1. The van der Waals surface area contributed by atoms with Crippen LogP contribution < -0.4 is 15.4 Å². The Bertz CT molecular complexity index is 530. The molecule has 1 rings (SSSR count). The van der Waals surface area contributed by atoms with Gasteiger partial charge in [0.2, 0.25) is 0 Å². The molecule has 0 aromatic heterocycles. The third-order valence-corrected chi connectivity index (χ3v) is 5.02. The van der Waals surface area contributed by atoms with Crippen molar-refractivity contribution in [2.45, 2.75) is 32.1 Å². The number of halogens is 1. The summed E-state index contributed by atoms with van der Waals surface area (Å²) in [7, 11) is 2.52. The second-order valence-corrected chi connectivity index (χ2v) is 8.19. The maximum absolute atomic E-state index is 12.0. The molecular formula is C16H28IN3O2S. The van der Waals surface area contributed by atoms with Crippen LogP contribution in [-0.4, -0.2) is 41.4 Å². The molecule has 0 aliphatic carbocycles. The molecule has 0 fully saturated rings. The molecule has 0 saturated heterocycles. The Morgan fingerprint density at radius 2 is 2.00 bits per heavy atom. The van der Waals surface area contributed by atoms with Gasteiger partial charge in [-0.05, 0) is 38.5 Å². The van der Waals surface area contributed by atoms with Crippen LogP contribution in [0.15, 0.2) is 29.3 Å². The molecular weight excluding hydrogens is 425 g/mol. The highest BCUT2D eigenvalue weighted by molar-refractivity contribution is 14.0. The van der Waals surface area contributed by atoms with Gasteiger partial charge < -0.3 is 15.4 Å². The monoisotopic (exact) mass is 453 g/mol.